The zero-order chi connectivity index (χ0) is 18.7. The SMILES string of the molecule is CCOC(=O)C1=C(C)NC(c2ccccc2)=C([N+](=O)[O-])C1c1ccco1. The van der Waals surface area contributed by atoms with Gasteiger partial charge in [0.05, 0.1) is 23.4 Å². The standard InChI is InChI=1S/C19H18N2O5/c1-3-25-19(22)15-12(2)20-17(13-8-5-4-6-9-13)18(21(23)24)16(15)14-10-7-11-26-14/h4-11,16,20H,3H2,1-2H3. The van der Waals surface area contributed by atoms with Crippen LogP contribution in [0.25, 0.3) is 5.70 Å². The number of carbonyl (C=O) groups excluding carboxylic acids is 1. The molecule has 0 fully saturated rings. The fourth-order valence-corrected chi connectivity index (χ4v) is 3.05. The number of hydrogen-bond acceptors (Lipinski definition) is 6. The van der Waals surface area contributed by atoms with E-state index in [1.165, 1.54) is 6.26 Å². The molecule has 0 aliphatic carbocycles. The molecule has 1 aromatic heterocycles. The molecule has 134 valence electrons. The Bertz CT molecular complexity index is 882. The molecule has 1 aliphatic heterocycles. The molecule has 1 unspecified atom stereocenters. The summed E-state index contributed by atoms with van der Waals surface area (Å²) in [5.41, 5.74) is 1.50. The van der Waals surface area contributed by atoms with E-state index in [1.807, 2.05) is 6.07 Å². The van der Waals surface area contributed by atoms with E-state index in [4.69, 9.17) is 9.15 Å². The highest BCUT2D eigenvalue weighted by atomic mass is 16.6. The summed E-state index contributed by atoms with van der Waals surface area (Å²) in [6.07, 6.45) is 1.43. The maximum atomic E-state index is 12.5. The van der Waals surface area contributed by atoms with Crippen molar-refractivity contribution >= 4 is 11.7 Å². The average molecular weight is 354 g/mol. The lowest BCUT2D eigenvalue weighted by molar-refractivity contribution is -0.428. The topological polar surface area (TPSA) is 94.6 Å². The fraction of sp³-hybridized carbons (Fsp3) is 0.211. The molecule has 0 bridgehead atoms. The van der Waals surface area contributed by atoms with Crippen molar-refractivity contribution in [2.24, 2.45) is 0 Å². The summed E-state index contributed by atoms with van der Waals surface area (Å²) in [6, 6.07) is 12.2. The highest BCUT2D eigenvalue weighted by molar-refractivity contribution is 5.94. The molecule has 2 aromatic rings. The molecular formula is C19H18N2O5. The van der Waals surface area contributed by atoms with Crippen molar-refractivity contribution in [1.29, 1.82) is 0 Å². The summed E-state index contributed by atoms with van der Waals surface area (Å²) in [7, 11) is 0. The van der Waals surface area contributed by atoms with Crippen LogP contribution < -0.4 is 5.32 Å². The Morgan fingerprint density at radius 3 is 2.58 bits per heavy atom. The van der Waals surface area contributed by atoms with Crippen molar-refractivity contribution in [1.82, 2.24) is 5.32 Å². The zero-order valence-corrected chi connectivity index (χ0v) is 14.4. The van der Waals surface area contributed by atoms with Crippen molar-refractivity contribution in [2.75, 3.05) is 6.61 Å². The van der Waals surface area contributed by atoms with E-state index in [-0.39, 0.29) is 17.9 Å². The predicted octanol–water partition coefficient (Wildman–Crippen LogP) is 3.45. The molecule has 7 nitrogen and oxygen atoms in total. The van der Waals surface area contributed by atoms with Crippen LogP contribution in [0.2, 0.25) is 0 Å². The number of esters is 1. The molecule has 1 aromatic carbocycles. The third kappa shape index (κ3) is 3.11. The number of nitro groups is 1. The van der Waals surface area contributed by atoms with E-state index in [0.29, 0.717) is 22.7 Å². The van der Waals surface area contributed by atoms with Gasteiger partial charge in [-0.15, -0.1) is 0 Å². The summed E-state index contributed by atoms with van der Waals surface area (Å²) >= 11 is 0. The van der Waals surface area contributed by atoms with Gasteiger partial charge in [-0.3, -0.25) is 10.1 Å². The molecular weight excluding hydrogens is 336 g/mol. The zero-order valence-electron chi connectivity index (χ0n) is 14.4. The van der Waals surface area contributed by atoms with E-state index in [0.717, 1.165) is 0 Å². The molecule has 0 amide bonds. The van der Waals surface area contributed by atoms with Gasteiger partial charge in [0.2, 0.25) is 0 Å². The summed E-state index contributed by atoms with van der Waals surface area (Å²) in [5, 5.41) is 15.0. The lowest BCUT2D eigenvalue weighted by Gasteiger charge is -2.26. The number of nitrogens with zero attached hydrogens (tertiary/aromatic N) is 1. The second-order valence-electron chi connectivity index (χ2n) is 5.72. The molecule has 26 heavy (non-hydrogen) atoms. The second-order valence-corrected chi connectivity index (χ2v) is 5.72. The molecule has 1 N–H and O–H groups in total. The minimum Gasteiger partial charge on any atom is -0.468 e. The molecule has 3 rings (SSSR count). The van der Waals surface area contributed by atoms with Crippen LogP contribution >= 0.6 is 0 Å². The Morgan fingerprint density at radius 1 is 1.27 bits per heavy atom. The average Bonchev–Trinajstić information content (AvgIpc) is 3.15. The maximum absolute atomic E-state index is 12.5. The van der Waals surface area contributed by atoms with Crippen molar-refractivity contribution in [3.8, 4) is 0 Å². The highest BCUT2D eigenvalue weighted by Crippen LogP contribution is 2.41. The number of furan rings is 1. The van der Waals surface area contributed by atoms with Crippen LogP contribution in [0.1, 0.15) is 31.1 Å². The van der Waals surface area contributed by atoms with Gasteiger partial charge < -0.3 is 14.5 Å². The maximum Gasteiger partial charge on any atom is 0.337 e. The van der Waals surface area contributed by atoms with Gasteiger partial charge in [0.15, 0.2) is 0 Å². The molecule has 0 saturated carbocycles. The molecule has 2 heterocycles. The van der Waals surface area contributed by atoms with Crippen LogP contribution in [-0.4, -0.2) is 17.5 Å². The lowest BCUT2D eigenvalue weighted by atomic mass is 9.86. The Kier molecular flexibility index (Phi) is 4.88. The van der Waals surface area contributed by atoms with Crippen LogP contribution in [0.15, 0.2) is 70.1 Å². The molecule has 1 aliphatic rings. The number of nitrogens with one attached hydrogen (secondary N) is 1. The Morgan fingerprint density at radius 2 is 2.00 bits per heavy atom. The third-order valence-corrected chi connectivity index (χ3v) is 4.12. The number of hydrogen-bond donors (Lipinski definition) is 1. The highest BCUT2D eigenvalue weighted by Gasteiger charge is 2.43. The van der Waals surface area contributed by atoms with Gasteiger partial charge >= 0.3 is 5.97 Å². The van der Waals surface area contributed by atoms with E-state index < -0.39 is 16.8 Å². The van der Waals surface area contributed by atoms with Gasteiger partial charge in [0.25, 0.3) is 5.70 Å². The minimum atomic E-state index is -0.962. The first-order chi connectivity index (χ1) is 12.5. The molecule has 0 saturated heterocycles. The number of ether oxygens (including phenoxy) is 1. The van der Waals surface area contributed by atoms with E-state index >= 15 is 0 Å². The van der Waals surface area contributed by atoms with Crippen LogP contribution in [0, 0.1) is 10.1 Å². The summed E-state index contributed by atoms with van der Waals surface area (Å²) in [6.45, 7) is 3.55. The molecule has 0 radical (unpaired) electrons. The van der Waals surface area contributed by atoms with Crippen molar-refractivity contribution < 1.29 is 18.9 Å². The van der Waals surface area contributed by atoms with Crippen molar-refractivity contribution in [3.05, 3.63) is 87.1 Å². The first-order valence-electron chi connectivity index (χ1n) is 8.16. The largest absolute Gasteiger partial charge is 0.468 e. The van der Waals surface area contributed by atoms with Gasteiger partial charge in [0.1, 0.15) is 17.4 Å². The lowest BCUT2D eigenvalue weighted by Crippen LogP contribution is -2.31. The number of allylic oxidation sites excluding steroid dienone is 2. The number of dihydropyridines is 1. The number of rotatable bonds is 5. The number of carbonyl (C=O) groups is 1. The summed E-state index contributed by atoms with van der Waals surface area (Å²) < 4.78 is 10.6. The Hall–Kier alpha value is -3.35. The van der Waals surface area contributed by atoms with Crippen molar-refractivity contribution in [3.63, 3.8) is 0 Å². The van der Waals surface area contributed by atoms with Crippen molar-refractivity contribution in [2.45, 2.75) is 19.8 Å². The minimum absolute atomic E-state index is 0.153. The summed E-state index contributed by atoms with van der Waals surface area (Å²) in [5.74, 6) is -1.25. The normalized spacial score (nSPS) is 17.1. The van der Waals surface area contributed by atoms with E-state index in [1.54, 1.807) is 50.2 Å². The molecule has 1 atom stereocenters. The van der Waals surface area contributed by atoms with Crippen LogP contribution in [0.4, 0.5) is 0 Å². The Labute approximate surface area is 150 Å². The predicted molar refractivity (Wildman–Crippen MR) is 94.3 cm³/mol. The van der Waals surface area contributed by atoms with Crippen LogP contribution in [0.5, 0.6) is 0 Å². The first kappa shape index (κ1) is 17.5. The third-order valence-electron chi connectivity index (χ3n) is 4.12. The van der Waals surface area contributed by atoms with Gasteiger partial charge in [-0.1, -0.05) is 30.3 Å². The molecule has 7 heteroatoms. The van der Waals surface area contributed by atoms with E-state index in [2.05, 4.69) is 5.32 Å². The first-order valence-corrected chi connectivity index (χ1v) is 8.16. The monoisotopic (exact) mass is 354 g/mol. The van der Waals surface area contributed by atoms with Gasteiger partial charge in [-0.25, -0.2) is 4.79 Å². The molecule has 0 spiro atoms. The van der Waals surface area contributed by atoms with Crippen LogP contribution in [-0.2, 0) is 9.53 Å². The Balaban J connectivity index is 2.23. The van der Waals surface area contributed by atoms with Gasteiger partial charge in [-0.2, -0.15) is 0 Å². The van der Waals surface area contributed by atoms with Gasteiger partial charge in [0, 0.05) is 11.3 Å². The smallest absolute Gasteiger partial charge is 0.337 e. The van der Waals surface area contributed by atoms with Crippen LogP contribution in [0.3, 0.4) is 0 Å². The quantitative estimate of drug-likeness (QED) is 0.502. The number of benzene rings is 1. The van der Waals surface area contributed by atoms with E-state index in [9.17, 15) is 14.9 Å². The second kappa shape index (κ2) is 7.26. The summed E-state index contributed by atoms with van der Waals surface area (Å²) in [4.78, 5) is 24.0. The fourth-order valence-electron chi connectivity index (χ4n) is 3.05. The van der Waals surface area contributed by atoms with Gasteiger partial charge in [-0.05, 0) is 26.0 Å².